The van der Waals surface area contributed by atoms with Crippen LogP contribution in [0.4, 0.5) is 4.39 Å². The van der Waals surface area contributed by atoms with Crippen molar-refractivity contribution in [3.8, 4) is 22.3 Å². The number of nitrogens with zero attached hydrogens (tertiary/aromatic N) is 2. The summed E-state index contributed by atoms with van der Waals surface area (Å²) in [6, 6.07) is 22.4. The minimum Gasteiger partial charge on any atom is -0.460 e. The van der Waals surface area contributed by atoms with E-state index in [0.29, 0.717) is 23.0 Å². The molecule has 6 nitrogen and oxygen atoms in total. The van der Waals surface area contributed by atoms with Crippen LogP contribution >= 0.6 is 11.8 Å². The molecule has 8 heteroatoms. The van der Waals surface area contributed by atoms with E-state index in [1.54, 1.807) is 72.2 Å². The van der Waals surface area contributed by atoms with Crippen molar-refractivity contribution < 1.29 is 23.5 Å². The molecule has 0 fully saturated rings. The lowest BCUT2D eigenvalue weighted by molar-refractivity contribution is -0.137. The second-order valence-corrected chi connectivity index (χ2v) is 8.29. The summed E-state index contributed by atoms with van der Waals surface area (Å²) in [6.45, 7) is 1.52. The molecule has 0 atom stereocenters. The summed E-state index contributed by atoms with van der Waals surface area (Å²) in [5, 5.41) is 11.8. The normalized spacial score (nSPS) is 10.5. The Hall–Kier alpha value is -4.48. The Balaban J connectivity index is 2.17. The maximum Gasteiger partial charge on any atom is 0.379 e. The van der Waals surface area contributed by atoms with Crippen molar-refractivity contribution in [2.45, 2.75) is 11.9 Å². The Bertz CT molecular complexity index is 1470. The van der Waals surface area contributed by atoms with Crippen molar-refractivity contribution in [2.75, 3.05) is 6.61 Å². The minimum atomic E-state index is -1.14. The Labute approximate surface area is 210 Å². The number of halogens is 1. The summed E-state index contributed by atoms with van der Waals surface area (Å²) < 4.78 is 20.4. The molecule has 4 aromatic rings. The van der Waals surface area contributed by atoms with Gasteiger partial charge in [0.1, 0.15) is 16.2 Å². The first-order chi connectivity index (χ1) is 17.5. The average molecular weight is 499 g/mol. The summed E-state index contributed by atoms with van der Waals surface area (Å²) in [7, 11) is 0. The van der Waals surface area contributed by atoms with Gasteiger partial charge in [-0.05, 0) is 48.9 Å². The molecule has 0 aliphatic heterocycles. The third-order valence-corrected chi connectivity index (χ3v) is 6.02. The first-order valence-electron chi connectivity index (χ1n) is 10.9. The van der Waals surface area contributed by atoms with Gasteiger partial charge in [0, 0.05) is 23.0 Å². The third-order valence-electron chi connectivity index (χ3n) is 5.35. The highest BCUT2D eigenvalue weighted by molar-refractivity contribution is 8.03. The molecule has 0 radical (unpaired) electrons. The number of aromatic nitrogens is 1. The maximum absolute atomic E-state index is 13.8. The SMILES string of the molecule is CCOC(=O)C(=O)c1c(C(=O)c2ccccc2)c(SC#N)n(-c2ccccc2)c1-c1ccc(F)cc1. The summed E-state index contributed by atoms with van der Waals surface area (Å²) in [6.07, 6.45) is 0. The number of carbonyl (C=O) groups excluding carboxylic acids is 3. The van der Waals surface area contributed by atoms with Gasteiger partial charge >= 0.3 is 5.97 Å². The molecule has 1 aromatic heterocycles. The number of nitriles is 1. The first kappa shape index (κ1) is 24.6. The summed E-state index contributed by atoms with van der Waals surface area (Å²) in [4.78, 5) is 40.1. The van der Waals surface area contributed by atoms with Gasteiger partial charge in [-0.25, -0.2) is 9.18 Å². The van der Waals surface area contributed by atoms with E-state index in [2.05, 4.69) is 0 Å². The van der Waals surface area contributed by atoms with Crippen molar-refractivity contribution in [3.05, 3.63) is 107 Å². The number of carbonyl (C=O) groups is 3. The van der Waals surface area contributed by atoms with E-state index in [1.165, 1.54) is 24.3 Å². The number of ether oxygens (including phenoxy) is 1. The fourth-order valence-electron chi connectivity index (χ4n) is 3.86. The van der Waals surface area contributed by atoms with Crippen molar-refractivity contribution in [1.82, 2.24) is 4.57 Å². The first-order valence-corrected chi connectivity index (χ1v) is 11.8. The molecule has 0 saturated heterocycles. The van der Waals surface area contributed by atoms with Gasteiger partial charge in [-0.3, -0.25) is 9.59 Å². The molecule has 0 N–H and O–H groups in total. The zero-order valence-electron chi connectivity index (χ0n) is 19.1. The molecule has 0 amide bonds. The highest BCUT2D eigenvalue weighted by Gasteiger charge is 2.36. The van der Waals surface area contributed by atoms with Crippen LogP contribution in [0.2, 0.25) is 0 Å². The largest absolute Gasteiger partial charge is 0.460 e. The van der Waals surface area contributed by atoms with Crippen LogP contribution in [0.5, 0.6) is 0 Å². The van der Waals surface area contributed by atoms with E-state index in [0.717, 1.165) is 0 Å². The molecule has 0 aliphatic carbocycles. The van der Waals surface area contributed by atoms with Gasteiger partial charge in [0.15, 0.2) is 5.78 Å². The lowest BCUT2D eigenvalue weighted by Crippen LogP contribution is -2.20. The summed E-state index contributed by atoms with van der Waals surface area (Å²) in [5.41, 5.74) is 1.05. The van der Waals surface area contributed by atoms with Gasteiger partial charge in [0.25, 0.3) is 5.78 Å². The number of ketones is 2. The lowest BCUT2D eigenvalue weighted by atomic mass is 9.96. The topological polar surface area (TPSA) is 89.2 Å². The van der Waals surface area contributed by atoms with Crippen LogP contribution in [0.25, 0.3) is 16.9 Å². The average Bonchev–Trinajstić information content (AvgIpc) is 3.24. The zero-order valence-corrected chi connectivity index (χ0v) is 19.9. The quantitative estimate of drug-likeness (QED) is 0.0998. The molecule has 0 saturated carbocycles. The van der Waals surface area contributed by atoms with Gasteiger partial charge in [-0.15, -0.1) is 0 Å². The van der Waals surface area contributed by atoms with Gasteiger partial charge < -0.3 is 9.30 Å². The molecule has 3 aromatic carbocycles. The molecule has 4 rings (SSSR count). The molecule has 36 heavy (non-hydrogen) atoms. The molecule has 0 spiro atoms. The number of Topliss-reactive ketones (excluding diaryl/α,β-unsaturated/α-hetero) is 1. The Morgan fingerprint density at radius 3 is 2.11 bits per heavy atom. The van der Waals surface area contributed by atoms with Gasteiger partial charge in [0.05, 0.1) is 23.4 Å². The molecule has 178 valence electrons. The molecule has 0 aliphatic rings. The molecule has 0 unspecified atom stereocenters. The molecule has 0 bridgehead atoms. The number of para-hydroxylation sites is 1. The fourth-order valence-corrected chi connectivity index (χ4v) is 4.53. The van der Waals surface area contributed by atoms with Crippen LogP contribution < -0.4 is 0 Å². The highest BCUT2D eigenvalue weighted by atomic mass is 32.2. The van der Waals surface area contributed by atoms with Crippen molar-refractivity contribution in [1.29, 1.82) is 5.26 Å². The second kappa shape index (κ2) is 10.8. The minimum absolute atomic E-state index is 0.0440. The van der Waals surface area contributed by atoms with E-state index in [4.69, 9.17) is 4.74 Å². The number of benzene rings is 3. The molecular formula is C28H19FN2O4S. The second-order valence-electron chi connectivity index (χ2n) is 7.52. The van der Waals surface area contributed by atoms with Crippen LogP contribution in [0, 0.1) is 16.5 Å². The van der Waals surface area contributed by atoms with Crippen molar-refractivity contribution in [3.63, 3.8) is 0 Å². The Kier molecular flexibility index (Phi) is 7.42. The number of thioether (sulfide) groups is 1. The summed E-state index contributed by atoms with van der Waals surface area (Å²) in [5.74, 6) is -3.22. The zero-order chi connectivity index (χ0) is 25.7. The van der Waals surface area contributed by atoms with Crippen LogP contribution in [0.15, 0.2) is 90.0 Å². The van der Waals surface area contributed by atoms with Gasteiger partial charge in [-0.1, -0.05) is 48.5 Å². The Morgan fingerprint density at radius 1 is 0.917 bits per heavy atom. The number of hydrogen-bond donors (Lipinski definition) is 0. The van der Waals surface area contributed by atoms with E-state index < -0.39 is 23.4 Å². The fraction of sp³-hybridized carbons (Fsp3) is 0.0714. The number of thiocyanates is 1. The predicted molar refractivity (Wildman–Crippen MR) is 133 cm³/mol. The van der Waals surface area contributed by atoms with E-state index >= 15 is 0 Å². The maximum atomic E-state index is 13.8. The van der Waals surface area contributed by atoms with E-state index in [1.807, 2.05) is 5.40 Å². The smallest absolute Gasteiger partial charge is 0.379 e. The molecular weight excluding hydrogens is 479 g/mol. The van der Waals surface area contributed by atoms with Crippen molar-refractivity contribution >= 4 is 29.3 Å². The van der Waals surface area contributed by atoms with Crippen LogP contribution in [-0.4, -0.2) is 28.7 Å². The van der Waals surface area contributed by atoms with E-state index in [-0.39, 0.29) is 34.0 Å². The predicted octanol–water partition coefficient (Wildman–Crippen LogP) is 5.83. The highest BCUT2D eigenvalue weighted by Crippen LogP contribution is 2.41. The monoisotopic (exact) mass is 498 g/mol. The van der Waals surface area contributed by atoms with Crippen LogP contribution in [-0.2, 0) is 9.53 Å². The van der Waals surface area contributed by atoms with E-state index in [9.17, 15) is 24.0 Å². The lowest BCUT2D eigenvalue weighted by Gasteiger charge is -2.13. The molecule has 1 heterocycles. The Morgan fingerprint density at radius 2 is 1.53 bits per heavy atom. The van der Waals surface area contributed by atoms with Crippen LogP contribution in [0.3, 0.4) is 0 Å². The summed E-state index contributed by atoms with van der Waals surface area (Å²) >= 11 is 0.691. The van der Waals surface area contributed by atoms with Crippen molar-refractivity contribution in [2.24, 2.45) is 0 Å². The van der Waals surface area contributed by atoms with Gasteiger partial charge in [0.2, 0.25) is 0 Å². The standard InChI is InChI=1S/C28H19FN2O4S/c1-2-35-28(34)26(33)22-23(25(32)19-9-5-3-6-10-19)27(36-17-30)31(21-11-7-4-8-12-21)24(22)18-13-15-20(29)16-14-18/h3-16H,2H2,1H3. The number of esters is 1. The van der Waals surface area contributed by atoms with Crippen LogP contribution in [0.1, 0.15) is 33.2 Å². The number of rotatable bonds is 8. The number of hydrogen-bond acceptors (Lipinski definition) is 6. The van der Waals surface area contributed by atoms with Gasteiger partial charge in [-0.2, -0.15) is 5.26 Å². The third kappa shape index (κ3) is 4.69.